The highest BCUT2D eigenvalue weighted by Gasteiger charge is 2.23. The summed E-state index contributed by atoms with van der Waals surface area (Å²) in [4.78, 5) is 2.00. The van der Waals surface area contributed by atoms with Gasteiger partial charge in [0, 0.05) is 26.2 Å². The molecule has 0 radical (unpaired) electrons. The van der Waals surface area contributed by atoms with E-state index in [9.17, 15) is 0 Å². The second-order valence-corrected chi connectivity index (χ2v) is 7.05. The van der Waals surface area contributed by atoms with Gasteiger partial charge in [0.1, 0.15) is 0 Å². The van der Waals surface area contributed by atoms with E-state index in [1.165, 1.54) is 71.1 Å². The predicted octanol–water partition coefficient (Wildman–Crippen LogP) is 3.61. The Bertz CT molecular complexity index is 191. The predicted molar refractivity (Wildman–Crippen MR) is 98.7 cm³/mol. The van der Waals surface area contributed by atoms with Crippen LogP contribution in [-0.4, -0.2) is 62.2 Å². The second kappa shape index (κ2) is 14.4. The minimum absolute atomic E-state index is 0.861. The lowest BCUT2D eigenvalue weighted by Crippen LogP contribution is -2.58. The Morgan fingerprint density at radius 1 is 0.818 bits per heavy atom. The van der Waals surface area contributed by atoms with Crippen LogP contribution >= 0.6 is 0 Å². The third kappa shape index (κ3) is 12.4. The summed E-state index contributed by atoms with van der Waals surface area (Å²) < 4.78 is 0. The number of unbranched alkanes of at least 4 members (excludes halogenated alkanes) is 3. The van der Waals surface area contributed by atoms with Gasteiger partial charge in [0.05, 0.1) is 0 Å². The third-order valence-corrected chi connectivity index (χ3v) is 3.77. The summed E-state index contributed by atoms with van der Waals surface area (Å²) in [6, 6.07) is 0. The van der Waals surface area contributed by atoms with Crippen molar-refractivity contribution in [3.8, 4) is 0 Å². The van der Waals surface area contributed by atoms with Gasteiger partial charge in [0.25, 0.3) is 0 Å². The molecule has 1 aliphatic heterocycles. The summed E-state index contributed by atoms with van der Waals surface area (Å²) in [5, 5.41) is 4.89. The van der Waals surface area contributed by atoms with Gasteiger partial charge < -0.3 is 4.90 Å². The zero-order chi connectivity index (χ0) is 16.8. The average Bonchev–Trinajstić information content (AvgIpc) is 2.48. The van der Waals surface area contributed by atoms with Crippen molar-refractivity contribution in [3.63, 3.8) is 0 Å². The lowest BCUT2D eigenvalue weighted by Gasteiger charge is -2.41. The van der Waals surface area contributed by atoms with E-state index >= 15 is 0 Å². The molecule has 0 saturated carbocycles. The van der Waals surface area contributed by atoms with Crippen LogP contribution in [0.4, 0.5) is 0 Å². The first-order chi connectivity index (χ1) is 10.5. The number of hydrogen-bond donors (Lipinski definition) is 1. The molecule has 1 saturated heterocycles. The van der Waals surface area contributed by atoms with E-state index in [0.29, 0.717) is 0 Å². The molecule has 4 heteroatoms. The van der Waals surface area contributed by atoms with Gasteiger partial charge in [0.15, 0.2) is 0 Å². The molecule has 0 aromatic carbocycles. The van der Waals surface area contributed by atoms with E-state index in [2.05, 4.69) is 36.3 Å². The smallest absolute Gasteiger partial charge is 0.0185 e. The first-order valence-electron chi connectivity index (χ1n) is 9.40. The Morgan fingerprint density at radius 3 is 1.59 bits per heavy atom. The molecule has 0 unspecified atom stereocenters. The Hall–Kier alpha value is -0.160. The minimum Gasteiger partial charge on any atom is -0.312 e. The third-order valence-electron chi connectivity index (χ3n) is 3.77. The lowest BCUT2D eigenvalue weighted by molar-refractivity contribution is -0.0466. The van der Waals surface area contributed by atoms with Crippen LogP contribution in [0.3, 0.4) is 0 Å². The fourth-order valence-electron chi connectivity index (χ4n) is 2.62. The van der Waals surface area contributed by atoms with E-state index in [1.54, 1.807) is 0 Å². The van der Waals surface area contributed by atoms with E-state index < -0.39 is 0 Å². The quantitative estimate of drug-likeness (QED) is 0.702. The highest BCUT2D eigenvalue weighted by Crippen LogP contribution is 2.16. The number of hydrogen-bond acceptors (Lipinski definition) is 4. The molecule has 0 amide bonds. The van der Waals surface area contributed by atoms with Crippen LogP contribution in [-0.2, 0) is 0 Å². The topological polar surface area (TPSA) is 21.8 Å². The molecule has 1 rings (SSSR count). The Morgan fingerprint density at radius 2 is 1.23 bits per heavy atom. The SMILES string of the molecule is CCCCC1CN(CCCC)NN(CCCC)C1.CN(C)C. The first-order valence-corrected chi connectivity index (χ1v) is 9.40. The molecule has 0 aromatic heterocycles. The number of nitrogens with zero attached hydrogens (tertiary/aromatic N) is 3. The van der Waals surface area contributed by atoms with Crippen LogP contribution in [0, 0.1) is 5.92 Å². The van der Waals surface area contributed by atoms with E-state index in [0.717, 1.165) is 5.92 Å². The summed E-state index contributed by atoms with van der Waals surface area (Å²) in [7, 11) is 6.00. The lowest BCUT2D eigenvalue weighted by atomic mass is 10.0. The Labute approximate surface area is 140 Å². The number of rotatable bonds is 9. The molecule has 22 heavy (non-hydrogen) atoms. The number of hydrazine groups is 2. The van der Waals surface area contributed by atoms with Crippen LogP contribution in [0.5, 0.6) is 0 Å². The van der Waals surface area contributed by atoms with E-state index in [4.69, 9.17) is 0 Å². The summed E-state index contributed by atoms with van der Waals surface area (Å²) in [5.41, 5.74) is 3.60. The molecular formula is C18H42N4. The zero-order valence-electron chi connectivity index (χ0n) is 16.2. The second-order valence-electron chi connectivity index (χ2n) is 7.05. The van der Waals surface area contributed by atoms with Crippen molar-refractivity contribution in [2.24, 2.45) is 5.92 Å². The first kappa shape index (κ1) is 21.8. The molecular weight excluding hydrogens is 272 g/mol. The van der Waals surface area contributed by atoms with Crippen molar-refractivity contribution in [1.29, 1.82) is 0 Å². The maximum Gasteiger partial charge on any atom is 0.0185 e. The van der Waals surface area contributed by atoms with Crippen molar-refractivity contribution in [2.75, 3.05) is 47.3 Å². The molecule has 1 N–H and O–H groups in total. The van der Waals surface area contributed by atoms with Gasteiger partial charge in [0.2, 0.25) is 0 Å². The fourth-order valence-corrected chi connectivity index (χ4v) is 2.62. The van der Waals surface area contributed by atoms with Crippen molar-refractivity contribution in [1.82, 2.24) is 20.5 Å². The molecule has 1 fully saturated rings. The van der Waals surface area contributed by atoms with Crippen molar-refractivity contribution >= 4 is 0 Å². The van der Waals surface area contributed by atoms with Crippen molar-refractivity contribution < 1.29 is 0 Å². The van der Waals surface area contributed by atoms with Crippen LogP contribution in [0.1, 0.15) is 65.7 Å². The average molecular weight is 315 g/mol. The maximum atomic E-state index is 3.60. The van der Waals surface area contributed by atoms with Gasteiger partial charge in [-0.15, -0.1) is 0 Å². The summed E-state index contributed by atoms with van der Waals surface area (Å²) in [5.74, 6) is 0.861. The van der Waals surface area contributed by atoms with Crippen LogP contribution in [0.25, 0.3) is 0 Å². The zero-order valence-corrected chi connectivity index (χ0v) is 16.2. The monoisotopic (exact) mass is 314 g/mol. The minimum atomic E-state index is 0.861. The molecule has 0 aliphatic carbocycles. The summed E-state index contributed by atoms with van der Waals surface area (Å²) in [6.45, 7) is 11.7. The van der Waals surface area contributed by atoms with Gasteiger partial charge in [-0.2, -0.15) is 5.53 Å². The molecule has 0 atom stereocenters. The van der Waals surface area contributed by atoms with Gasteiger partial charge in [-0.25, -0.2) is 10.0 Å². The van der Waals surface area contributed by atoms with Gasteiger partial charge in [-0.05, 0) is 46.3 Å². The fraction of sp³-hybridized carbons (Fsp3) is 1.00. The van der Waals surface area contributed by atoms with E-state index in [-0.39, 0.29) is 0 Å². The summed E-state index contributed by atoms with van der Waals surface area (Å²) in [6.07, 6.45) is 9.27. The highest BCUT2D eigenvalue weighted by atomic mass is 15.8. The van der Waals surface area contributed by atoms with Crippen LogP contribution < -0.4 is 5.53 Å². The molecule has 0 bridgehead atoms. The maximum absolute atomic E-state index is 3.60. The Kier molecular flexibility index (Phi) is 14.3. The largest absolute Gasteiger partial charge is 0.312 e. The molecule has 134 valence electrons. The Balaban J connectivity index is 0.000000980. The van der Waals surface area contributed by atoms with Gasteiger partial charge in [-0.3, -0.25) is 0 Å². The standard InChI is InChI=1S/C15H33N3.C3H9N/c1-4-7-10-15-13-17(11-8-5-2)16-18(14-15)12-9-6-3;1-4(2)3/h15-16H,4-14H2,1-3H3;1-3H3. The van der Waals surface area contributed by atoms with Gasteiger partial charge >= 0.3 is 0 Å². The number of nitrogens with one attached hydrogen (secondary N) is 1. The molecule has 1 aliphatic rings. The van der Waals surface area contributed by atoms with Crippen LogP contribution in [0.2, 0.25) is 0 Å². The van der Waals surface area contributed by atoms with E-state index in [1.807, 2.05) is 26.0 Å². The molecule has 0 spiro atoms. The summed E-state index contributed by atoms with van der Waals surface area (Å²) >= 11 is 0. The van der Waals surface area contributed by atoms with Gasteiger partial charge in [-0.1, -0.05) is 46.5 Å². The molecule has 1 heterocycles. The van der Waals surface area contributed by atoms with Crippen LogP contribution in [0.15, 0.2) is 0 Å². The normalized spacial score (nSPS) is 17.6. The molecule has 0 aromatic rings. The van der Waals surface area contributed by atoms with Crippen molar-refractivity contribution in [2.45, 2.75) is 65.7 Å². The molecule has 4 nitrogen and oxygen atoms in total. The van der Waals surface area contributed by atoms with Crippen molar-refractivity contribution in [3.05, 3.63) is 0 Å². The highest BCUT2D eigenvalue weighted by molar-refractivity contribution is 4.72.